The summed E-state index contributed by atoms with van der Waals surface area (Å²) in [5, 5.41) is 4.26. The zero-order valence-electron chi connectivity index (χ0n) is 17.8. The van der Waals surface area contributed by atoms with Crippen molar-refractivity contribution in [1.82, 2.24) is 15.0 Å². The molecule has 1 saturated heterocycles. The fourth-order valence-electron chi connectivity index (χ4n) is 4.55. The first-order valence-corrected chi connectivity index (χ1v) is 10.5. The third kappa shape index (κ3) is 4.46. The zero-order valence-corrected chi connectivity index (χ0v) is 17.8. The van der Waals surface area contributed by atoms with Gasteiger partial charge >= 0.3 is 0 Å². The number of amides is 1. The summed E-state index contributed by atoms with van der Waals surface area (Å²) in [6.45, 7) is 2.58. The Kier molecular flexibility index (Phi) is 6.00. The number of carbonyl (C=O) groups is 1. The Morgan fingerprint density at radius 3 is 2.50 bits per heavy atom. The minimum absolute atomic E-state index is 0.165. The molecule has 0 unspecified atom stereocenters. The van der Waals surface area contributed by atoms with Gasteiger partial charge in [0, 0.05) is 45.2 Å². The van der Waals surface area contributed by atoms with Crippen molar-refractivity contribution in [2.75, 3.05) is 27.2 Å². The zero-order chi connectivity index (χ0) is 21.0. The molecule has 1 aliphatic rings. The maximum absolute atomic E-state index is 13.3. The van der Waals surface area contributed by atoms with Crippen molar-refractivity contribution in [3.8, 4) is 11.3 Å². The molecule has 0 saturated carbocycles. The topological polar surface area (TPSA) is 49.6 Å². The lowest BCUT2D eigenvalue weighted by molar-refractivity contribution is -0.143. The highest BCUT2D eigenvalue weighted by atomic mass is 16.5. The number of benzene rings is 2. The highest BCUT2D eigenvalue weighted by molar-refractivity contribution is 5.83. The third-order valence-corrected chi connectivity index (χ3v) is 5.91. The Morgan fingerprint density at radius 2 is 1.80 bits per heavy atom. The minimum atomic E-state index is -0.496. The maximum Gasteiger partial charge on any atom is 0.230 e. The number of likely N-dealkylation sites (tertiary alicyclic amines) is 1. The maximum atomic E-state index is 13.3. The number of aromatic nitrogens is 1. The van der Waals surface area contributed by atoms with E-state index in [1.807, 2.05) is 56.6 Å². The molecule has 30 heavy (non-hydrogen) atoms. The van der Waals surface area contributed by atoms with Crippen molar-refractivity contribution < 1.29 is 9.32 Å². The molecule has 2 heterocycles. The molecule has 1 fully saturated rings. The number of hydrogen-bond donors (Lipinski definition) is 0. The van der Waals surface area contributed by atoms with E-state index in [-0.39, 0.29) is 5.91 Å². The lowest BCUT2D eigenvalue weighted by Gasteiger charge is -2.42. The number of nitrogens with zero attached hydrogens (tertiary/aromatic N) is 3. The molecule has 0 radical (unpaired) electrons. The molecule has 2 aromatic carbocycles. The van der Waals surface area contributed by atoms with Gasteiger partial charge in [0.2, 0.25) is 5.91 Å². The number of carbonyl (C=O) groups excluding carboxylic acids is 1. The van der Waals surface area contributed by atoms with E-state index in [4.69, 9.17) is 4.52 Å². The molecule has 0 spiro atoms. The van der Waals surface area contributed by atoms with Gasteiger partial charge < -0.3 is 9.42 Å². The fraction of sp³-hybridized carbons (Fsp3) is 0.360. The first-order chi connectivity index (χ1) is 14.6. The standard InChI is InChI=1S/C25H29N3O2/c1-27(2)24(29)25(14-9-15-28(19-25)18-20-10-5-3-6-11-20)17-22-16-23(26-30-22)21-12-7-4-8-13-21/h3-8,10-13,16H,9,14-15,17-19H2,1-2H3/t25-/m1/s1. The Morgan fingerprint density at radius 1 is 1.10 bits per heavy atom. The van der Waals surface area contributed by atoms with Gasteiger partial charge in [-0.3, -0.25) is 9.69 Å². The van der Waals surface area contributed by atoms with Gasteiger partial charge in [-0.15, -0.1) is 0 Å². The summed E-state index contributed by atoms with van der Waals surface area (Å²) < 4.78 is 5.69. The largest absolute Gasteiger partial charge is 0.361 e. The molecule has 5 heteroatoms. The molecular weight excluding hydrogens is 374 g/mol. The van der Waals surface area contributed by atoms with Crippen molar-refractivity contribution in [1.29, 1.82) is 0 Å². The predicted molar refractivity (Wildman–Crippen MR) is 118 cm³/mol. The van der Waals surface area contributed by atoms with Crippen molar-refractivity contribution in [2.45, 2.75) is 25.8 Å². The average Bonchev–Trinajstić information content (AvgIpc) is 3.23. The van der Waals surface area contributed by atoms with Gasteiger partial charge in [-0.1, -0.05) is 65.8 Å². The van der Waals surface area contributed by atoms with E-state index in [1.165, 1.54) is 5.56 Å². The Labute approximate surface area is 178 Å². The highest BCUT2D eigenvalue weighted by Crippen LogP contribution is 2.37. The van der Waals surface area contributed by atoms with Crippen LogP contribution in [-0.4, -0.2) is 48.0 Å². The van der Waals surface area contributed by atoms with E-state index in [0.29, 0.717) is 6.42 Å². The first kappa shape index (κ1) is 20.4. The van der Waals surface area contributed by atoms with Crippen LogP contribution in [0.1, 0.15) is 24.2 Å². The first-order valence-electron chi connectivity index (χ1n) is 10.5. The summed E-state index contributed by atoms with van der Waals surface area (Å²) in [5.41, 5.74) is 2.62. The van der Waals surface area contributed by atoms with Crippen molar-refractivity contribution in [3.63, 3.8) is 0 Å². The van der Waals surface area contributed by atoms with Gasteiger partial charge in [-0.05, 0) is 24.9 Å². The van der Waals surface area contributed by atoms with Gasteiger partial charge in [-0.2, -0.15) is 0 Å². The van der Waals surface area contributed by atoms with Crippen molar-refractivity contribution >= 4 is 5.91 Å². The van der Waals surface area contributed by atoms with Crippen molar-refractivity contribution in [3.05, 3.63) is 78.1 Å². The molecule has 0 N–H and O–H groups in total. The Balaban J connectivity index is 1.57. The molecule has 3 aromatic rings. The molecule has 1 aliphatic heterocycles. The molecular formula is C25H29N3O2. The van der Waals surface area contributed by atoms with Crippen LogP contribution >= 0.6 is 0 Å². The van der Waals surface area contributed by atoms with Crippen LogP contribution in [0, 0.1) is 5.41 Å². The van der Waals surface area contributed by atoms with E-state index in [1.54, 1.807) is 4.90 Å². The summed E-state index contributed by atoms with van der Waals surface area (Å²) >= 11 is 0. The highest BCUT2D eigenvalue weighted by Gasteiger charge is 2.44. The second-order valence-electron chi connectivity index (χ2n) is 8.50. The normalized spacial score (nSPS) is 19.5. The Bertz CT molecular complexity index is 968. The van der Waals surface area contributed by atoms with Crippen LogP contribution in [-0.2, 0) is 17.8 Å². The van der Waals surface area contributed by atoms with Crippen LogP contribution in [0.5, 0.6) is 0 Å². The second kappa shape index (κ2) is 8.84. The lowest BCUT2D eigenvalue weighted by Crippen LogP contribution is -2.52. The van der Waals surface area contributed by atoms with Gasteiger partial charge in [0.15, 0.2) is 0 Å². The smallest absolute Gasteiger partial charge is 0.230 e. The summed E-state index contributed by atoms with van der Waals surface area (Å²) in [6.07, 6.45) is 2.41. The van der Waals surface area contributed by atoms with Gasteiger partial charge in [0.1, 0.15) is 11.5 Å². The molecule has 0 aliphatic carbocycles. The van der Waals surface area contributed by atoms with Crippen LogP contribution in [0.4, 0.5) is 0 Å². The van der Waals surface area contributed by atoms with Gasteiger partial charge in [0.05, 0.1) is 5.41 Å². The third-order valence-electron chi connectivity index (χ3n) is 5.91. The van der Waals surface area contributed by atoms with E-state index in [9.17, 15) is 4.79 Å². The molecule has 1 atom stereocenters. The minimum Gasteiger partial charge on any atom is -0.361 e. The van der Waals surface area contributed by atoms with E-state index >= 15 is 0 Å². The fourth-order valence-corrected chi connectivity index (χ4v) is 4.55. The van der Waals surface area contributed by atoms with Gasteiger partial charge in [-0.25, -0.2) is 0 Å². The number of hydrogen-bond acceptors (Lipinski definition) is 4. The summed E-state index contributed by atoms with van der Waals surface area (Å²) in [6, 6.07) is 22.4. The van der Waals surface area contributed by atoms with Crippen LogP contribution in [0.2, 0.25) is 0 Å². The number of piperidine rings is 1. The summed E-state index contributed by atoms with van der Waals surface area (Å²) in [4.78, 5) is 17.5. The van der Waals surface area contributed by atoms with Crippen molar-refractivity contribution in [2.24, 2.45) is 5.41 Å². The Hall–Kier alpha value is -2.92. The van der Waals surface area contributed by atoms with E-state index in [2.05, 4.69) is 34.3 Å². The average molecular weight is 404 g/mol. The van der Waals surface area contributed by atoms with E-state index in [0.717, 1.165) is 49.5 Å². The molecule has 5 nitrogen and oxygen atoms in total. The predicted octanol–water partition coefficient (Wildman–Crippen LogP) is 4.25. The van der Waals surface area contributed by atoms with Crippen LogP contribution in [0.15, 0.2) is 71.3 Å². The SMILES string of the molecule is CN(C)C(=O)[C@@]1(Cc2cc(-c3ccccc3)no2)CCCN(Cc2ccccc2)C1. The van der Waals surface area contributed by atoms with Gasteiger partial charge in [0.25, 0.3) is 0 Å². The number of rotatable bonds is 6. The molecule has 156 valence electrons. The summed E-state index contributed by atoms with van der Waals surface area (Å²) in [5.74, 6) is 0.934. The van der Waals surface area contributed by atoms with E-state index < -0.39 is 5.41 Å². The molecule has 4 rings (SSSR count). The summed E-state index contributed by atoms with van der Waals surface area (Å²) in [7, 11) is 3.69. The molecule has 1 aromatic heterocycles. The van der Waals surface area contributed by atoms with Crippen LogP contribution < -0.4 is 0 Å². The monoisotopic (exact) mass is 403 g/mol. The lowest BCUT2D eigenvalue weighted by atomic mass is 9.75. The van der Waals surface area contributed by atoms with Crippen LogP contribution in [0.3, 0.4) is 0 Å². The second-order valence-corrected chi connectivity index (χ2v) is 8.50. The molecule has 0 bridgehead atoms. The quantitative estimate of drug-likeness (QED) is 0.617. The van der Waals surface area contributed by atoms with Crippen LogP contribution in [0.25, 0.3) is 11.3 Å². The molecule has 1 amide bonds.